The lowest BCUT2D eigenvalue weighted by Gasteiger charge is -2.25. The fraction of sp³-hybridized carbons (Fsp3) is 0.263. The molecule has 3 heterocycles. The summed E-state index contributed by atoms with van der Waals surface area (Å²) in [5.41, 5.74) is 1.70. The Morgan fingerprint density at radius 2 is 1.97 bits per heavy atom. The van der Waals surface area contributed by atoms with Gasteiger partial charge in [-0.1, -0.05) is 48.2 Å². The monoisotopic (exact) mass is 499 g/mol. The largest absolute Gasteiger partial charge is 0.379 e. The highest BCUT2D eigenvalue weighted by Gasteiger charge is 2.28. The van der Waals surface area contributed by atoms with Crippen LogP contribution in [0.1, 0.15) is 11.1 Å². The third-order valence-corrected chi connectivity index (χ3v) is 9.19. The summed E-state index contributed by atoms with van der Waals surface area (Å²) >= 11 is 18.2. The topological polar surface area (TPSA) is 74.4 Å². The predicted molar refractivity (Wildman–Crippen MR) is 127 cm³/mol. The van der Waals surface area contributed by atoms with Crippen LogP contribution in [0.25, 0.3) is 10.2 Å². The number of aromatic amines is 1. The van der Waals surface area contributed by atoms with Crippen molar-refractivity contribution < 1.29 is 13.2 Å². The highest BCUT2D eigenvalue weighted by molar-refractivity contribution is 7.91. The molecule has 1 aromatic carbocycles. The predicted octanol–water partition coefficient (Wildman–Crippen LogP) is 4.10. The number of morpholine rings is 1. The molecule has 1 aliphatic rings. The van der Waals surface area contributed by atoms with Gasteiger partial charge in [0.1, 0.15) is 14.0 Å². The molecule has 0 unspecified atom stereocenters. The smallest absolute Gasteiger partial charge is 0.252 e. The number of hydrogen-bond donors (Lipinski definition) is 2. The summed E-state index contributed by atoms with van der Waals surface area (Å²) < 4.78 is 33.4. The Hall–Kier alpha value is -1.40. The highest BCUT2D eigenvalue weighted by atomic mass is 35.5. The van der Waals surface area contributed by atoms with Crippen molar-refractivity contribution in [3.63, 3.8) is 0 Å². The van der Waals surface area contributed by atoms with Gasteiger partial charge in [-0.25, -0.2) is 8.42 Å². The number of nitrogens with one attached hydrogen (secondary N) is 2. The third kappa shape index (κ3) is 4.45. The van der Waals surface area contributed by atoms with Crippen LogP contribution in [0.3, 0.4) is 0 Å². The summed E-state index contributed by atoms with van der Waals surface area (Å²) in [7, 11) is -3.58. The minimum Gasteiger partial charge on any atom is -0.379 e. The number of ether oxygens (including phenoxy) is 1. The van der Waals surface area contributed by atoms with Crippen molar-refractivity contribution >= 4 is 72.6 Å². The number of sulfonamides is 1. The maximum absolute atomic E-state index is 13.0. The fourth-order valence-electron chi connectivity index (χ4n) is 3.08. The van der Waals surface area contributed by atoms with Crippen LogP contribution in [-0.4, -0.2) is 49.0 Å². The maximum Gasteiger partial charge on any atom is 0.252 e. The van der Waals surface area contributed by atoms with Crippen molar-refractivity contribution in [1.82, 2.24) is 14.6 Å². The van der Waals surface area contributed by atoms with Gasteiger partial charge in [0.05, 0.1) is 17.7 Å². The van der Waals surface area contributed by atoms with E-state index in [1.807, 2.05) is 24.3 Å². The number of rotatable bonds is 5. The second kappa shape index (κ2) is 8.99. The number of benzene rings is 1. The first-order valence-corrected chi connectivity index (χ1v) is 12.6. The van der Waals surface area contributed by atoms with Crippen LogP contribution < -0.4 is 5.32 Å². The first-order valence-electron chi connectivity index (χ1n) is 9.12. The molecular weight excluding hydrogens is 482 g/mol. The molecule has 1 fully saturated rings. The summed E-state index contributed by atoms with van der Waals surface area (Å²) in [4.78, 5) is 4.34. The summed E-state index contributed by atoms with van der Waals surface area (Å²) in [5, 5.41) is 4.55. The minimum atomic E-state index is -3.58. The second-order valence-electron chi connectivity index (χ2n) is 6.67. The molecule has 0 amide bonds. The lowest BCUT2D eigenvalue weighted by molar-refractivity contribution is 0.0731. The van der Waals surface area contributed by atoms with E-state index in [1.165, 1.54) is 15.6 Å². The quantitative estimate of drug-likeness (QED) is 0.515. The summed E-state index contributed by atoms with van der Waals surface area (Å²) in [6.45, 7) is 2.04. The van der Waals surface area contributed by atoms with Gasteiger partial charge in [-0.2, -0.15) is 4.31 Å². The number of fused-ring (bicyclic) bond motifs is 1. The summed E-state index contributed by atoms with van der Waals surface area (Å²) in [6.07, 6.45) is 1.73. The van der Waals surface area contributed by atoms with Crippen LogP contribution in [0.15, 0.2) is 40.7 Å². The molecule has 3 aromatic rings. The van der Waals surface area contributed by atoms with Gasteiger partial charge >= 0.3 is 0 Å². The standard InChI is InChI=1S/C19H18ClN3O3S4/c20-13-3-1-12(2-4-13)10-21-18(28)15-11-22-19-14(17(15)27)9-16(29-19)30(24,25)23-5-7-26-8-6-23/h1-4,9,11H,5-8,10H2,(H,21,28)(H,22,27). The van der Waals surface area contributed by atoms with E-state index < -0.39 is 10.0 Å². The lowest BCUT2D eigenvalue weighted by Crippen LogP contribution is -2.40. The number of thiocarbonyl (C=S) groups is 1. The lowest BCUT2D eigenvalue weighted by atomic mass is 10.2. The number of thiophene rings is 1. The molecule has 0 spiro atoms. The number of nitrogens with zero attached hydrogens (tertiary/aromatic N) is 1. The Kier molecular flexibility index (Phi) is 6.54. The Bertz CT molecular complexity index is 1250. The van der Waals surface area contributed by atoms with Crippen LogP contribution in [-0.2, 0) is 21.3 Å². The number of aromatic nitrogens is 1. The van der Waals surface area contributed by atoms with Gasteiger partial charge in [0, 0.05) is 41.8 Å². The zero-order chi connectivity index (χ0) is 21.3. The molecular formula is C19H18ClN3O3S4. The Morgan fingerprint density at radius 3 is 2.67 bits per heavy atom. The third-order valence-electron chi connectivity index (χ3n) is 4.72. The van der Waals surface area contributed by atoms with E-state index in [2.05, 4.69) is 10.3 Å². The van der Waals surface area contributed by atoms with E-state index >= 15 is 0 Å². The minimum absolute atomic E-state index is 0.263. The van der Waals surface area contributed by atoms with E-state index in [-0.39, 0.29) is 4.21 Å². The van der Waals surface area contributed by atoms with Gasteiger partial charge in [-0.3, -0.25) is 0 Å². The molecule has 2 aromatic heterocycles. The second-order valence-corrected chi connectivity index (χ2v) is 11.1. The molecule has 158 valence electrons. The zero-order valence-electron chi connectivity index (χ0n) is 15.7. The van der Waals surface area contributed by atoms with Crippen molar-refractivity contribution in [3.05, 3.63) is 57.2 Å². The SMILES string of the molecule is O=S(=O)(c1cc2c(=S)c(C(=S)NCc3ccc(Cl)cc3)c[nH]c2s1)N1CCOCC1. The fourth-order valence-corrected chi connectivity index (χ4v) is 6.80. The number of halogens is 1. The van der Waals surface area contributed by atoms with Crippen LogP contribution in [0, 0.1) is 4.51 Å². The van der Waals surface area contributed by atoms with Gasteiger partial charge in [0.25, 0.3) is 10.0 Å². The van der Waals surface area contributed by atoms with Crippen LogP contribution in [0.2, 0.25) is 5.02 Å². The summed E-state index contributed by atoms with van der Waals surface area (Å²) in [6, 6.07) is 9.12. The van der Waals surface area contributed by atoms with Gasteiger partial charge < -0.3 is 15.0 Å². The van der Waals surface area contributed by atoms with Gasteiger partial charge in [0.2, 0.25) is 0 Å². The Morgan fingerprint density at radius 1 is 1.27 bits per heavy atom. The molecule has 4 rings (SSSR count). The number of pyridine rings is 1. The van der Waals surface area contributed by atoms with Crippen LogP contribution in [0.4, 0.5) is 0 Å². The number of H-pyrrole nitrogens is 1. The highest BCUT2D eigenvalue weighted by Crippen LogP contribution is 2.31. The van der Waals surface area contributed by atoms with Crippen LogP contribution in [0.5, 0.6) is 0 Å². The molecule has 0 bridgehead atoms. The molecule has 0 aliphatic carbocycles. The Labute approximate surface area is 193 Å². The van der Waals surface area contributed by atoms with Crippen molar-refractivity contribution in [2.75, 3.05) is 26.3 Å². The number of hydrogen-bond acceptors (Lipinski definition) is 6. The molecule has 2 N–H and O–H groups in total. The first kappa shape index (κ1) is 21.8. The van der Waals surface area contributed by atoms with E-state index in [1.54, 1.807) is 12.3 Å². The average Bonchev–Trinajstić information content (AvgIpc) is 3.20. The van der Waals surface area contributed by atoms with Crippen molar-refractivity contribution in [2.45, 2.75) is 10.8 Å². The van der Waals surface area contributed by atoms with Gasteiger partial charge in [-0.15, -0.1) is 11.3 Å². The normalized spacial score (nSPS) is 15.4. The molecule has 11 heteroatoms. The first-order chi connectivity index (χ1) is 14.4. The molecule has 1 aliphatic heterocycles. The molecule has 0 saturated carbocycles. The van der Waals surface area contributed by atoms with Crippen molar-refractivity contribution in [3.8, 4) is 0 Å². The van der Waals surface area contributed by atoms with Gasteiger partial charge in [-0.05, 0) is 23.8 Å². The van der Waals surface area contributed by atoms with Crippen LogP contribution >= 0.6 is 47.4 Å². The van der Waals surface area contributed by atoms with Gasteiger partial charge in [0.15, 0.2) is 0 Å². The van der Waals surface area contributed by atoms with Crippen molar-refractivity contribution in [1.29, 1.82) is 0 Å². The van der Waals surface area contributed by atoms with E-state index in [0.717, 1.165) is 5.56 Å². The summed E-state index contributed by atoms with van der Waals surface area (Å²) in [5.74, 6) is 0. The molecule has 6 nitrogen and oxygen atoms in total. The molecule has 0 radical (unpaired) electrons. The Balaban J connectivity index is 1.58. The maximum atomic E-state index is 13.0. The molecule has 30 heavy (non-hydrogen) atoms. The van der Waals surface area contributed by atoms with E-state index in [9.17, 15) is 8.42 Å². The average molecular weight is 500 g/mol. The van der Waals surface area contributed by atoms with E-state index in [4.69, 9.17) is 40.8 Å². The zero-order valence-corrected chi connectivity index (χ0v) is 19.7. The molecule has 1 saturated heterocycles. The van der Waals surface area contributed by atoms with E-state index in [0.29, 0.717) is 63.1 Å². The molecule has 0 atom stereocenters. The van der Waals surface area contributed by atoms with Crippen molar-refractivity contribution in [2.24, 2.45) is 0 Å².